The van der Waals surface area contributed by atoms with Gasteiger partial charge in [0.05, 0.1) is 6.10 Å². The molecular formula is C10H22NO2. The number of hydrogen-bond acceptors (Lipinski definition) is 2. The summed E-state index contributed by atoms with van der Waals surface area (Å²) < 4.78 is 0. The Morgan fingerprint density at radius 2 is 1.62 bits per heavy atom. The lowest BCUT2D eigenvalue weighted by atomic mass is 9.85. The van der Waals surface area contributed by atoms with Crippen molar-refractivity contribution in [1.29, 1.82) is 0 Å². The lowest BCUT2D eigenvalue weighted by molar-refractivity contribution is -0.0181. The predicted octanol–water partition coefficient (Wildman–Crippen LogP) is 1.89. The monoisotopic (exact) mass is 188 g/mol. The zero-order valence-electron chi connectivity index (χ0n) is 9.35. The van der Waals surface area contributed by atoms with E-state index in [4.69, 9.17) is 0 Å². The van der Waals surface area contributed by atoms with Crippen LogP contribution in [0.5, 0.6) is 0 Å². The quantitative estimate of drug-likeness (QED) is 0.662. The highest BCUT2D eigenvalue weighted by Crippen LogP contribution is 2.24. The van der Waals surface area contributed by atoms with Gasteiger partial charge in [0.2, 0.25) is 0 Å². The van der Waals surface area contributed by atoms with Gasteiger partial charge in [0.1, 0.15) is 0 Å². The van der Waals surface area contributed by atoms with E-state index in [-0.39, 0.29) is 5.41 Å². The molecule has 1 atom stereocenters. The van der Waals surface area contributed by atoms with E-state index in [1.165, 1.54) is 0 Å². The Morgan fingerprint density at radius 1 is 1.15 bits per heavy atom. The molecule has 13 heavy (non-hydrogen) atoms. The van der Waals surface area contributed by atoms with E-state index in [1.807, 2.05) is 5.48 Å². The molecule has 0 heterocycles. The fourth-order valence-corrected chi connectivity index (χ4v) is 1.41. The lowest BCUT2D eigenvalue weighted by Crippen LogP contribution is -2.39. The minimum Gasteiger partial charge on any atom is -0.393 e. The van der Waals surface area contributed by atoms with Gasteiger partial charge >= 0.3 is 0 Å². The number of rotatable bonds is 4. The van der Waals surface area contributed by atoms with E-state index in [9.17, 15) is 10.3 Å². The molecule has 0 rings (SSSR count). The molecule has 0 aliphatic carbocycles. The van der Waals surface area contributed by atoms with Crippen molar-refractivity contribution < 1.29 is 10.3 Å². The number of aliphatic hydroxyl groups excluding tert-OH is 1. The summed E-state index contributed by atoms with van der Waals surface area (Å²) in [6, 6.07) is 0. The fourth-order valence-electron chi connectivity index (χ4n) is 1.41. The van der Waals surface area contributed by atoms with Gasteiger partial charge in [-0.2, -0.15) is 5.48 Å². The van der Waals surface area contributed by atoms with Crippen molar-refractivity contribution in [3.63, 3.8) is 0 Å². The van der Waals surface area contributed by atoms with Crippen LogP contribution >= 0.6 is 0 Å². The average molecular weight is 188 g/mol. The molecule has 0 amide bonds. The molecule has 0 fully saturated rings. The van der Waals surface area contributed by atoms with E-state index >= 15 is 0 Å². The van der Waals surface area contributed by atoms with E-state index in [2.05, 4.69) is 20.8 Å². The maximum Gasteiger partial charge on any atom is 0.0563 e. The van der Waals surface area contributed by atoms with Crippen LogP contribution in [0.15, 0.2) is 0 Å². The number of hydroxylamine groups is 1. The molecule has 0 aliphatic rings. The minimum atomic E-state index is -0.523. The summed E-state index contributed by atoms with van der Waals surface area (Å²) in [5.74, 6) is 0. The van der Waals surface area contributed by atoms with Crippen LogP contribution in [0.25, 0.3) is 0 Å². The van der Waals surface area contributed by atoms with Crippen molar-refractivity contribution in [1.82, 2.24) is 5.48 Å². The van der Waals surface area contributed by atoms with Gasteiger partial charge < -0.3 is 5.11 Å². The molecule has 3 nitrogen and oxygen atoms in total. The third-order valence-corrected chi connectivity index (χ3v) is 1.87. The smallest absolute Gasteiger partial charge is 0.0563 e. The molecule has 3 heteroatoms. The molecule has 2 N–H and O–H groups in total. The first-order valence-electron chi connectivity index (χ1n) is 4.74. The third-order valence-electron chi connectivity index (χ3n) is 1.87. The molecule has 0 aromatic heterocycles. The van der Waals surface area contributed by atoms with E-state index < -0.39 is 11.6 Å². The van der Waals surface area contributed by atoms with Crippen molar-refractivity contribution in [3.05, 3.63) is 0 Å². The zero-order valence-corrected chi connectivity index (χ0v) is 9.35. The molecule has 0 aromatic rings. The van der Waals surface area contributed by atoms with Crippen LogP contribution in [0.1, 0.15) is 47.5 Å². The van der Waals surface area contributed by atoms with E-state index in [1.54, 1.807) is 13.8 Å². The summed E-state index contributed by atoms with van der Waals surface area (Å²) in [5.41, 5.74) is 1.53. The Morgan fingerprint density at radius 3 is 1.92 bits per heavy atom. The zero-order chi connectivity index (χ0) is 10.7. The van der Waals surface area contributed by atoms with Gasteiger partial charge in [-0.05, 0) is 32.1 Å². The van der Waals surface area contributed by atoms with Crippen LogP contribution < -0.4 is 5.48 Å². The highest BCUT2D eigenvalue weighted by atomic mass is 16.5. The van der Waals surface area contributed by atoms with Crippen LogP contribution in [-0.4, -0.2) is 16.7 Å². The SMILES string of the molecule is CC(C)(C)CC(O)CC(C)(C)N[O]. The summed E-state index contributed by atoms with van der Waals surface area (Å²) in [6.45, 7) is 9.83. The van der Waals surface area contributed by atoms with Crippen LogP contribution in [-0.2, 0) is 5.21 Å². The van der Waals surface area contributed by atoms with E-state index in [0.717, 1.165) is 6.42 Å². The van der Waals surface area contributed by atoms with Gasteiger partial charge in [-0.1, -0.05) is 20.8 Å². The second-order valence-corrected chi connectivity index (χ2v) is 5.61. The largest absolute Gasteiger partial charge is 0.393 e. The van der Waals surface area contributed by atoms with Crippen molar-refractivity contribution in [2.75, 3.05) is 0 Å². The molecule has 0 saturated carbocycles. The van der Waals surface area contributed by atoms with Crippen LogP contribution in [0.3, 0.4) is 0 Å². The van der Waals surface area contributed by atoms with Gasteiger partial charge in [-0.3, -0.25) is 0 Å². The van der Waals surface area contributed by atoms with Crippen molar-refractivity contribution in [3.8, 4) is 0 Å². The minimum absolute atomic E-state index is 0.110. The summed E-state index contributed by atoms with van der Waals surface area (Å²) in [5, 5.41) is 20.2. The van der Waals surface area contributed by atoms with Gasteiger partial charge in [0, 0.05) is 5.54 Å². The number of aliphatic hydroxyl groups is 1. The Kier molecular flexibility index (Phi) is 4.36. The molecule has 0 bridgehead atoms. The lowest BCUT2D eigenvalue weighted by Gasteiger charge is -2.28. The average Bonchev–Trinajstić information content (AvgIpc) is 1.81. The molecule has 0 saturated heterocycles. The first kappa shape index (κ1) is 12.9. The maximum absolute atomic E-state index is 10.5. The summed E-state index contributed by atoms with van der Waals surface area (Å²) in [7, 11) is 0. The summed E-state index contributed by atoms with van der Waals surface area (Å²) in [4.78, 5) is 0. The van der Waals surface area contributed by atoms with Crippen molar-refractivity contribution >= 4 is 0 Å². The maximum atomic E-state index is 10.5. The van der Waals surface area contributed by atoms with Crippen LogP contribution in [0.2, 0.25) is 0 Å². The highest BCUT2D eigenvalue weighted by Gasteiger charge is 2.25. The molecule has 79 valence electrons. The van der Waals surface area contributed by atoms with Crippen molar-refractivity contribution in [2.45, 2.75) is 59.1 Å². The second-order valence-electron chi connectivity index (χ2n) is 5.61. The summed E-state index contributed by atoms with van der Waals surface area (Å²) in [6.07, 6.45) is 0.808. The highest BCUT2D eigenvalue weighted by molar-refractivity contribution is 4.79. The molecule has 1 radical (unpaired) electrons. The number of nitrogens with one attached hydrogen (secondary N) is 1. The van der Waals surface area contributed by atoms with Gasteiger partial charge in [0.25, 0.3) is 0 Å². The van der Waals surface area contributed by atoms with Crippen LogP contribution in [0.4, 0.5) is 0 Å². The van der Waals surface area contributed by atoms with Gasteiger partial charge in [0.15, 0.2) is 0 Å². The summed E-state index contributed by atoms with van der Waals surface area (Å²) >= 11 is 0. The Hall–Kier alpha value is -0.120. The Labute approximate surface area is 81.1 Å². The molecular weight excluding hydrogens is 166 g/mol. The molecule has 0 aliphatic heterocycles. The Bertz CT molecular complexity index is 149. The first-order chi connectivity index (χ1) is 5.66. The Balaban J connectivity index is 3.94. The molecule has 0 spiro atoms. The fraction of sp³-hybridized carbons (Fsp3) is 1.00. The van der Waals surface area contributed by atoms with Crippen molar-refractivity contribution in [2.24, 2.45) is 5.41 Å². The van der Waals surface area contributed by atoms with Crippen LogP contribution in [0, 0.1) is 5.41 Å². The van der Waals surface area contributed by atoms with Gasteiger partial charge in [-0.25, -0.2) is 0 Å². The molecule has 1 unspecified atom stereocenters. The topological polar surface area (TPSA) is 52.2 Å². The standard InChI is InChI=1S/C10H22NO2/c1-9(2,3)6-8(12)7-10(4,5)11-13/h8,11-12H,6-7H2,1-5H3. The first-order valence-corrected chi connectivity index (χ1v) is 4.74. The normalized spacial score (nSPS) is 15.9. The third kappa shape index (κ3) is 6.99. The predicted molar refractivity (Wildman–Crippen MR) is 52.6 cm³/mol. The van der Waals surface area contributed by atoms with E-state index in [0.29, 0.717) is 6.42 Å². The second kappa shape index (κ2) is 4.40. The van der Waals surface area contributed by atoms with Gasteiger partial charge in [-0.15, -0.1) is 5.21 Å². The number of hydrogen-bond donors (Lipinski definition) is 2. The molecule has 0 aromatic carbocycles.